The van der Waals surface area contributed by atoms with E-state index in [0.29, 0.717) is 6.42 Å². The minimum atomic E-state index is -3.07. The van der Waals surface area contributed by atoms with Crippen LogP contribution in [0.25, 0.3) is 10.8 Å². The lowest BCUT2D eigenvalue weighted by Gasteiger charge is -2.16. The second kappa shape index (κ2) is 7.45. The Labute approximate surface area is 152 Å². The Morgan fingerprint density at radius 2 is 1.92 bits per heavy atom. The summed E-state index contributed by atoms with van der Waals surface area (Å²) in [5.74, 6) is -0.953. The van der Waals surface area contributed by atoms with Gasteiger partial charge in [0.2, 0.25) is 0 Å². The van der Waals surface area contributed by atoms with Crippen molar-refractivity contribution in [3.05, 3.63) is 48.0 Å². The maximum Gasteiger partial charge on any atom is 0.311 e. The van der Waals surface area contributed by atoms with Crippen LogP contribution in [0.15, 0.2) is 42.5 Å². The average molecular weight is 375 g/mol. The van der Waals surface area contributed by atoms with E-state index in [4.69, 9.17) is 4.74 Å². The van der Waals surface area contributed by atoms with E-state index in [1.54, 1.807) is 0 Å². The minimum Gasteiger partial charge on any atom is -0.452 e. The van der Waals surface area contributed by atoms with Crippen molar-refractivity contribution in [1.29, 1.82) is 0 Å². The minimum absolute atomic E-state index is 0.0590. The molecule has 0 saturated carbocycles. The van der Waals surface area contributed by atoms with Crippen molar-refractivity contribution in [1.82, 2.24) is 5.32 Å². The summed E-state index contributed by atoms with van der Waals surface area (Å²) in [5, 5.41) is 4.75. The zero-order valence-corrected chi connectivity index (χ0v) is 15.3. The van der Waals surface area contributed by atoms with Crippen molar-refractivity contribution in [2.24, 2.45) is 0 Å². The number of hydrogen-bond donors (Lipinski definition) is 1. The van der Waals surface area contributed by atoms with E-state index in [2.05, 4.69) is 5.32 Å². The SMILES string of the molecule is C[C@H](OC(=O)Cc1ccc2ccccc2c1)C(=O)N[C@H]1CCS(=O)(=O)C1. The summed E-state index contributed by atoms with van der Waals surface area (Å²) >= 11 is 0. The monoisotopic (exact) mass is 375 g/mol. The molecular weight excluding hydrogens is 354 g/mol. The summed E-state index contributed by atoms with van der Waals surface area (Å²) in [6.07, 6.45) is -0.502. The van der Waals surface area contributed by atoms with Crippen molar-refractivity contribution in [3.8, 4) is 0 Å². The second-order valence-electron chi connectivity index (χ2n) is 6.60. The number of fused-ring (bicyclic) bond motifs is 1. The first kappa shape index (κ1) is 18.4. The molecule has 1 saturated heterocycles. The first-order valence-corrected chi connectivity index (χ1v) is 10.3. The van der Waals surface area contributed by atoms with E-state index in [1.165, 1.54) is 6.92 Å². The van der Waals surface area contributed by atoms with Gasteiger partial charge in [0.15, 0.2) is 15.9 Å². The molecule has 0 bridgehead atoms. The van der Waals surface area contributed by atoms with Gasteiger partial charge in [0.1, 0.15) is 0 Å². The molecule has 1 N–H and O–H groups in total. The molecule has 3 rings (SSSR count). The highest BCUT2D eigenvalue weighted by atomic mass is 32.2. The first-order chi connectivity index (χ1) is 12.3. The third-order valence-corrected chi connectivity index (χ3v) is 6.19. The van der Waals surface area contributed by atoms with E-state index in [1.807, 2.05) is 42.5 Å². The fraction of sp³-hybridized carbons (Fsp3) is 0.368. The zero-order chi connectivity index (χ0) is 18.7. The molecule has 2 aromatic rings. The summed E-state index contributed by atoms with van der Waals surface area (Å²) < 4.78 is 28.0. The number of sulfone groups is 1. The molecule has 7 heteroatoms. The van der Waals surface area contributed by atoms with Gasteiger partial charge in [-0.3, -0.25) is 9.59 Å². The molecular formula is C19H21NO5S. The van der Waals surface area contributed by atoms with E-state index < -0.39 is 33.9 Å². The van der Waals surface area contributed by atoms with E-state index in [-0.39, 0.29) is 17.9 Å². The number of rotatable bonds is 5. The molecule has 0 unspecified atom stereocenters. The lowest BCUT2D eigenvalue weighted by Crippen LogP contribution is -2.42. The number of ether oxygens (including phenoxy) is 1. The van der Waals surface area contributed by atoms with Crippen LogP contribution < -0.4 is 5.32 Å². The van der Waals surface area contributed by atoms with Crippen molar-refractivity contribution in [2.45, 2.75) is 31.9 Å². The molecule has 1 aliphatic heterocycles. The van der Waals surface area contributed by atoms with Crippen LogP contribution in [0.2, 0.25) is 0 Å². The molecule has 1 heterocycles. The van der Waals surface area contributed by atoms with Gasteiger partial charge in [0.25, 0.3) is 5.91 Å². The van der Waals surface area contributed by atoms with Crippen LogP contribution in [0.1, 0.15) is 18.9 Å². The van der Waals surface area contributed by atoms with Crippen molar-refractivity contribution < 1.29 is 22.7 Å². The summed E-state index contributed by atoms with van der Waals surface area (Å²) in [4.78, 5) is 24.2. The van der Waals surface area contributed by atoms with Gasteiger partial charge >= 0.3 is 5.97 Å². The summed E-state index contributed by atoms with van der Waals surface area (Å²) in [5.41, 5.74) is 0.809. The highest BCUT2D eigenvalue weighted by Gasteiger charge is 2.30. The maximum atomic E-state index is 12.1. The van der Waals surface area contributed by atoms with Crippen molar-refractivity contribution in [3.63, 3.8) is 0 Å². The van der Waals surface area contributed by atoms with Crippen LogP contribution in [0.4, 0.5) is 0 Å². The van der Waals surface area contributed by atoms with Gasteiger partial charge < -0.3 is 10.1 Å². The highest BCUT2D eigenvalue weighted by molar-refractivity contribution is 7.91. The molecule has 0 aliphatic carbocycles. The summed E-state index contributed by atoms with van der Waals surface area (Å²) in [6.45, 7) is 1.48. The predicted octanol–water partition coefficient (Wildman–Crippen LogP) is 1.62. The number of carbonyl (C=O) groups excluding carboxylic acids is 2. The van der Waals surface area contributed by atoms with Gasteiger partial charge in [0, 0.05) is 6.04 Å². The molecule has 1 fully saturated rings. The van der Waals surface area contributed by atoms with Gasteiger partial charge in [-0.1, -0.05) is 42.5 Å². The van der Waals surface area contributed by atoms with Crippen LogP contribution in [0, 0.1) is 0 Å². The smallest absolute Gasteiger partial charge is 0.311 e. The molecule has 6 nitrogen and oxygen atoms in total. The van der Waals surface area contributed by atoms with Crippen LogP contribution >= 0.6 is 0 Å². The van der Waals surface area contributed by atoms with Gasteiger partial charge in [-0.25, -0.2) is 8.42 Å². The Morgan fingerprint density at radius 1 is 1.19 bits per heavy atom. The predicted molar refractivity (Wildman–Crippen MR) is 98.4 cm³/mol. The van der Waals surface area contributed by atoms with Gasteiger partial charge in [-0.05, 0) is 29.7 Å². The quantitative estimate of drug-likeness (QED) is 0.802. The lowest BCUT2D eigenvalue weighted by molar-refractivity contribution is -0.154. The second-order valence-corrected chi connectivity index (χ2v) is 8.83. The van der Waals surface area contributed by atoms with Gasteiger partial charge in [-0.15, -0.1) is 0 Å². The number of esters is 1. The number of benzene rings is 2. The number of nitrogens with one attached hydrogen (secondary N) is 1. The number of carbonyl (C=O) groups is 2. The van der Waals surface area contributed by atoms with E-state index >= 15 is 0 Å². The molecule has 1 amide bonds. The number of hydrogen-bond acceptors (Lipinski definition) is 5. The molecule has 0 spiro atoms. The highest BCUT2D eigenvalue weighted by Crippen LogP contribution is 2.16. The van der Waals surface area contributed by atoms with E-state index in [9.17, 15) is 18.0 Å². The van der Waals surface area contributed by atoms with E-state index in [0.717, 1.165) is 16.3 Å². The van der Waals surface area contributed by atoms with Crippen molar-refractivity contribution >= 4 is 32.5 Å². The average Bonchev–Trinajstić information content (AvgIpc) is 2.93. The molecule has 1 aliphatic rings. The Kier molecular flexibility index (Phi) is 5.27. The fourth-order valence-corrected chi connectivity index (χ4v) is 4.71. The molecule has 2 atom stereocenters. The van der Waals surface area contributed by atoms with Crippen LogP contribution in [-0.4, -0.2) is 43.9 Å². The molecule has 0 aromatic heterocycles. The third-order valence-electron chi connectivity index (χ3n) is 4.42. The van der Waals surface area contributed by atoms with Crippen LogP contribution in [0.5, 0.6) is 0 Å². The summed E-state index contributed by atoms with van der Waals surface area (Å²) in [7, 11) is -3.07. The van der Waals surface area contributed by atoms with Gasteiger partial charge in [-0.2, -0.15) is 0 Å². The standard InChI is InChI=1S/C19H21NO5S/c1-13(19(22)20-17-8-9-26(23,24)12-17)25-18(21)11-14-6-7-15-4-2-3-5-16(15)10-14/h2-7,10,13,17H,8-9,11-12H2,1H3,(H,20,22)/t13-,17-/m0/s1. The maximum absolute atomic E-state index is 12.1. The molecule has 26 heavy (non-hydrogen) atoms. The summed E-state index contributed by atoms with van der Waals surface area (Å²) in [6, 6.07) is 13.2. The largest absolute Gasteiger partial charge is 0.452 e. The molecule has 0 radical (unpaired) electrons. The third kappa shape index (κ3) is 4.60. The van der Waals surface area contributed by atoms with Gasteiger partial charge in [0.05, 0.1) is 17.9 Å². The molecule has 2 aromatic carbocycles. The molecule has 138 valence electrons. The Hall–Kier alpha value is -2.41. The van der Waals surface area contributed by atoms with Crippen LogP contribution in [-0.2, 0) is 30.6 Å². The Morgan fingerprint density at radius 3 is 2.62 bits per heavy atom. The fourth-order valence-electron chi connectivity index (χ4n) is 3.04. The van der Waals surface area contributed by atoms with Crippen molar-refractivity contribution in [2.75, 3.05) is 11.5 Å². The van der Waals surface area contributed by atoms with Crippen LogP contribution in [0.3, 0.4) is 0 Å². The Bertz CT molecular complexity index is 938. The Balaban J connectivity index is 1.54. The first-order valence-electron chi connectivity index (χ1n) is 8.50. The number of amides is 1. The normalized spacial score (nSPS) is 19.8. The topological polar surface area (TPSA) is 89.5 Å². The zero-order valence-electron chi connectivity index (χ0n) is 14.5. The lowest BCUT2D eigenvalue weighted by atomic mass is 10.1.